The summed E-state index contributed by atoms with van der Waals surface area (Å²) in [6.07, 6.45) is -7.89. The molecule has 0 amide bonds. The number of rotatable bonds is 9. The second-order valence-electron chi connectivity index (χ2n) is 9.33. The Labute approximate surface area is 227 Å². The second kappa shape index (κ2) is 12.2. The number of nitrogens with two attached hydrogens (primary N) is 1. The zero-order valence-electron chi connectivity index (χ0n) is 21.1. The highest BCUT2D eigenvalue weighted by Gasteiger charge is 2.46. The third-order valence-electron chi connectivity index (χ3n) is 6.50. The van der Waals surface area contributed by atoms with E-state index >= 15 is 0 Å². The summed E-state index contributed by atoms with van der Waals surface area (Å²) in [5, 5.41) is 80.8. The summed E-state index contributed by atoms with van der Waals surface area (Å²) in [4.78, 5) is 13.3. The molecule has 0 saturated heterocycles. The lowest BCUT2D eigenvalue weighted by atomic mass is 9.90. The van der Waals surface area contributed by atoms with E-state index < -0.39 is 65.6 Å². The predicted octanol–water partition coefficient (Wildman–Crippen LogP) is -0.294. The fourth-order valence-corrected chi connectivity index (χ4v) is 4.57. The Balaban J connectivity index is 1.77. The van der Waals surface area contributed by atoms with Gasteiger partial charge in [-0.3, -0.25) is 0 Å². The van der Waals surface area contributed by atoms with Crippen molar-refractivity contribution in [1.29, 1.82) is 0 Å². The van der Waals surface area contributed by atoms with Crippen LogP contribution in [0.5, 0.6) is 34.5 Å². The molecule has 14 heteroatoms. The molecule has 2 aliphatic rings. The number of carbonyl (C=O) groups excluding carboxylic acids is 1. The van der Waals surface area contributed by atoms with Crippen molar-refractivity contribution < 1.29 is 64.6 Å². The van der Waals surface area contributed by atoms with E-state index in [-0.39, 0.29) is 61.0 Å². The summed E-state index contributed by atoms with van der Waals surface area (Å²) in [5.41, 5.74) is 5.29. The first-order valence-corrected chi connectivity index (χ1v) is 12.3. The molecule has 0 bridgehead atoms. The summed E-state index contributed by atoms with van der Waals surface area (Å²) in [5.74, 6) is -4.13. The molecule has 14 nitrogen and oxygen atoms in total. The molecule has 6 unspecified atom stereocenters. The van der Waals surface area contributed by atoms with E-state index in [1.54, 1.807) is 0 Å². The molecule has 0 spiro atoms. The molecule has 0 radical (unpaired) electrons. The van der Waals surface area contributed by atoms with Crippen molar-refractivity contribution in [2.75, 3.05) is 26.4 Å². The molecule has 0 fully saturated rings. The van der Waals surface area contributed by atoms with Crippen molar-refractivity contribution in [1.82, 2.24) is 0 Å². The van der Waals surface area contributed by atoms with E-state index in [2.05, 4.69) is 0 Å². The Bertz CT molecular complexity index is 1240. The van der Waals surface area contributed by atoms with Crippen LogP contribution in [0, 0.1) is 0 Å². The van der Waals surface area contributed by atoms with Gasteiger partial charge in [0.15, 0.2) is 29.5 Å². The summed E-state index contributed by atoms with van der Waals surface area (Å²) in [6, 6.07) is 4.32. The van der Waals surface area contributed by atoms with E-state index in [9.17, 15) is 45.6 Å². The van der Waals surface area contributed by atoms with Crippen LogP contribution in [-0.2, 0) is 19.0 Å². The lowest BCUT2D eigenvalue weighted by molar-refractivity contribution is -0.170. The molecule has 6 atom stereocenters. The standard InChI is InChI=1S/C26H31NO13/c27-1-2-37-3-4-38-24-20-14(29)9-13(28)10-19(20)39-23(11-5-15(30)21(34)16(31)6-11)25(24)40-26(36)12-7-17(32)22(35)18(33)8-12/h5-7,9-10,17-18,22-25,28-35H,1-4,8,27H2. The van der Waals surface area contributed by atoms with Gasteiger partial charge in [0.25, 0.3) is 0 Å². The van der Waals surface area contributed by atoms with Crippen molar-refractivity contribution in [3.05, 3.63) is 47.0 Å². The SMILES string of the molecule is NCCOCCOC1c2c(O)cc(O)cc2OC(c2cc(O)c(O)c(O)c2)C1OC(=O)C1=CC(O)C(O)C(O)C1. The van der Waals surface area contributed by atoms with Crippen LogP contribution in [0.15, 0.2) is 35.9 Å². The summed E-state index contributed by atoms with van der Waals surface area (Å²) in [6.45, 7) is 0.488. The van der Waals surface area contributed by atoms with Crippen molar-refractivity contribution in [3.63, 3.8) is 0 Å². The number of phenolic OH excluding ortho intramolecular Hbond substituents is 5. The van der Waals surface area contributed by atoms with Crippen LogP contribution in [0.3, 0.4) is 0 Å². The van der Waals surface area contributed by atoms with Gasteiger partial charge in [-0.15, -0.1) is 0 Å². The molecule has 1 heterocycles. The summed E-state index contributed by atoms with van der Waals surface area (Å²) < 4.78 is 23.0. The third kappa shape index (κ3) is 6.01. The van der Waals surface area contributed by atoms with Gasteiger partial charge in [0.2, 0.25) is 0 Å². The number of esters is 1. The number of phenols is 5. The lowest BCUT2D eigenvalue weighted by Crippen LogP contribution is -2.43. The number of aromatic hydroxyl groups is 5. The number of aliphatic hydroxyl groups excluding tert-OH is 3. The molecule has 4 rings (SSSR count). The highest BCUT2D eigenvalue weighted by Crippen LogP contribution is 2.51. The van der Waals surface area contributed by atoms with Crippen LogP contribution >= 0.6 is 0 Å². The fraction of sp³-hybridized carbons (Fsp3) is 0.423. The molecule has 0 saturated carbocycles. The largest absolute Gasteiger partial charge is 0.508 e. The molecule has 1 aliphatic carbocycles. The smallest absolute Gasteiger partial charge is 0.334 e. The van der Waals surface area contributed by atoms with E-state index in [1.807, 2.05) is 0 Å². The highest BCUT2D eigenvalue weighted by atomic mass is 16.6. The topological polar surface area (TPSA) is 242 Å². The third-order valence-corrected chi connectivity index (χ3v) is 6.50. The van der Waals surface area contributed by atoms with Gasteiger partial charge in [-0.1, -0.05) is 0 Å². The average Bonchev–Trinajstić information content (AvgIpc) is 2.89. The first kappa shape index (κ1) is 29.2. The van der Waals surface area contributed by atoms with Gasteiger partial charge in [0.1, 0.15) is 35.6 Å². The van der Waals surface area contributed by atoms with Crippen LogP contribution in [0.25, 0.3) is 0 Å². The van der Waals surface area contributed by atoms with Crippen molar-refractivity contribution in [2.45, 2.75) is 43.0 Å². The minimum Gasteiger partial charge on any atom is -0.508 e. The number of fused-ring (bicyclic) bond motifs is 1. The first-order valence-electron chi connectivity index (χ1n) is 12.3. The van der Waals surface area contributed by atoms with Crippen LogP contribution < -0.4 is 10.5 Å². The van der Waals surface area contributed by atoms with Gasteiger partial charge < -0.3 is 65.5 Å². The predicted molar refractivity (Wildman–Crippen MR) is 134 cm³/mol. The van der Waals surface area contributed by atoms with Crippen molar-refractivity contribution in [2.24, 2.45) is 5.73 Å². The molecule has 2 aromatic carbocycles. The fourth-order valence-electron chi connectivity index (χ4n) is 4.57. The molecule has 2 aromatic rings. The van der Waals surface area contributed by atoms with Gasteiger partial charge in [-0.05, 0) is 18.2 Å². The van der Waals surface area contributed by atoms with E-state index in [0.717, 1.165) is 24.3 Å². The van der Waals surface area contributed by atoms with E-state index in [1.165, 1.54) is 6.07 Å². The maximum Gasteiger partial charge on any atom is 0.334 e. The molecular weight excluding hydrogens is 534 g/mol. The first-order chi connectivity index (χ1) is 19.0. The Morgan fingerprint density at radius 3 is 2.30 bits per heavy atom. The van der Waals surface area contributed by atoms with Crippen LogP contribution in [0.4, 0.5) is 0 Å². The molecule has 0 aromatic heterocycles. The normalized spacial score (nSPS) is 25.9. The number of benzene rings is 2. The minimum atomic E-state index is -1.55. The number of hydrogen-bond acceptors (Lipinski definition) is 14. The molecule has 218 valence electrons. The van der Waals surface area contributed by atoms with Crippen LogP contribution in [0.1, 0.15) is 29.8 Å². The number of aliphatic hydroxyl groups is 3. The van der Waals surface area contributed by atoms with Crippen LogP contribution in [0.2, 0.25) is 0 Å². The van der Waals surface area contributed by atoms with Gasteiger partial charge in [-0.25, -0.2) is 4.79 Å². The van der Waals surface area contributed by atoms with Gasteiger partial charge in [0.05, 0.1) is 31.5 Å². The van der Waals surface area contributed by atoms with Gasteiger partial charge in [0, 0.05) is 36.2 Å². The number of carbonyl (C=O) groups is 1. The van der Waals surface area contributed by atoms with Crippen molar-refractivity contribution in [3.8, 4) is 34.5 Å². The average molecular weight is 566 g/mol. The number of ether oxygens (including phenoxy) is 4. The Hall–Kier alpha value is -3.79. The zero-order valence-corrected chi connectivity index (χ0v) is 21.1. The molecule has 40 heavy (non-hydrogen) atoms. The van der Waals surface area contributed by atoms with E-state index in [0.29, 0.717) is 0 Å². The maximum atomic E-state index is 13.3. The molecular formula is C26H31NO13. The summed E-state index contributed by atoms with van der Waals surface area (Å²) in [7, 11) is 0. The highest BCUT2D eigenvalue weighted by molar-refractivity contribution is 5.89. The maximum absolute atomic E-state index is 13.3. The van der Waals surface area contributed by atoms with Crippen LogP contribution in [-0.4, -0.2) is 97.6 Å². The molecule has 10 N–H and O–H groups in total. The monoisotopic (exact) mass is 565 g/mol. The Morgan fingerprint density at radius 1 is 0.950 bits per heavy atom. The Kier molecular flexibility index (Phi) is 8.88. The van der Waals surface area contributed by atoms with Gasteiger partial charge in [-0.2, -0.15) is 0 Å². The molecule has 1 aliphatic heterocycles. The van der Waals surface area contributed by atoms with Gasteiger partial charge >= 0.3 is 5.97 Å². The second-order valence-corrected chi connectivity index (χ2v) is 9.33. The minimum absolute atomic E-state index is 0.00557. The quantitative estimate of drug-likeness (QED) is 0.108. The van der Waals surface area contributed by atoms with Crippen molar-refractivity contribution >= 4 is 5.97 Å². The zero-order chi connectivity index (χ0) is 29.1. The summed E-state index contributed by atoms with van der Waals surface area (Å²) >= 11 is 0. The Morgan fingerprint density at radius 2 is 1.65 bits per heavy atom. The van der Waals surface area contributed by atoms with E-state index in [4.69, 9.17) is 24.7 Å². The number of hydrogen-bond donors (Lipinski definition) is 9. The lowest BCUT2D eigenvalue weighted by Gasteiger charge is -2.39.